The van der Waals surface area contributed by atoms with E-state index >= 15 is 0 Å². The largest absolute Gasteiger partial charge is 0.376 e. The molecule has 0 radical (unpaired) electrons. The normalized spacial score (nSPS) is 21.6. The van der Waals surface area contributed by atoms with E-state index in [9.17, 15) is 0 Å². The molecule has 0 unspecified atom stereocenters. The number of hydrogen-bond acceptors (Lipinski definition) is 2. The van der Waals surface area contributed by atoms with Crippen molar-refractivity contribution in [2.45, 2.75) is 76.9 Å². The summed E-state index contributed by atoms with van der Waals surface area (Å²) < 4.78 is 5.91. The summed E-state index contributed by atoms with van der Waals surface area (Å²) in [6.45, 7) is 5.13. The van der Waals surface area contributed by atoms with Crippen molar-refractivity contribution in [3.63, 3.8) is 0 Å². The molecular weight excluding hydrogens is 186 g/mol. The molecule has 15 heavy (non-hydrogen) atoms. The topological polar surface area (TPSA) is 35.2 Å². The lowest BCUT2D eigenvalue weighted by Crippen LogP contribution is -2.45. The van der Waals surface area contributed by atoms with E-state index in [1.165, 1.54) is 25.7 Å². The Kier molecular flexibility index (Phi) is 5.62. The van der Waals surface area contributed by atoms with E-state index in [1.54, 1.807) is 0 Å². The van der Waals surface area contributed by atoms with Gasteiger partial charge in [0.05, 0.1) is 12.7 Å². The summed E-state index contributed by atoms with van der Waals surface area (Å²) in [4.78, 5) is 0. The highest BCUT2D eigenvalue weighted by Gasteiger charge is 2.27. The first kappa shape index (κ1) is 13.0. The minimum Gasteiger partial charge on any atom is -0.376 e. The van der Waals surface area contributed by atoms with Crippen molar-refractivity contribution in [1.82, 2.24) is 0 Å². The minimum atomic E-state index is -0.0287. The van der Waals surface area contributed by atoms with Crippen LogP contribution in [-0.2, 0) is 4.74 Å². The third-order valence-corrected chi connectivity index (χ3v) is 3.62. The first-order chi connectivity index (χ1) is 7.20. The highest BCUT2D eigenvalue weighted by atomic mass is 16.5. The molecule has 1 fully saturated rings. The maximum Gasteiger partial charge on any atom is 0.0649 e. The number of hydrogen-bond donors (Lipinski definition) is 1. The fourth-order valence-electron chi connectivity index (χ4n) is 2.39. The van der Waals surface area contributed by atoms with E-state index in [0.717, 1.165) is 32.3 Å². The molecule has 0 spiro atoms. The van der Waals surface area contributed by atoms with Crippen LogP contribution < -0.4 is 5.73 Å². The van der Waals surface area contributed by atoms with Crippen LogP contribution in [0.4, 0.5) is 0 Å². The van der Waals surface area contributed by atoms with Gasteiger partial charge in [0.2, 0.25) is 0 Å². The van der Waals surface area contributed by atoms with Crippen molar-refractivity contribution in [2.75, 3.05) is 6.61 Å². The third kappa shape index (κ3) is 4.52. The molecular formula is C13H27NO. The van der Waals surface area contributed by atoms with Crippen LogP contribution >= 0.6 is 0 Å². The van der Waals surface area contributed by atoms with E-state index in [4.69, 9.17) is 10.5 Å². The van der Waals surface area contributed by atoms with Crippen LogP contribution in [0.1, 0.15) is 65.2 Å². The Morgan fingerprint density at radius 1 is 1.07 bits per heavy atom. The molecule has 2 N–H and O–H groups in total. The molecule has 0 heterocycles. The Labute approximate surface area is 94.6 Å². The third-order valence-electron chi connectivity index (χ3n) is 3.62. The maximum absolute atomic E-state index is 6.39. The second-order valence-electron chi connectivity index (χ2n) is 5.03. The van der Waals surface area contributed by atoms with Crippen LogP contribution in [0.2, 0.25) is 0 Å². The highest BCUT2D eigenvalue weighted by Crippen LogP contribution is 2.25. The van der Waals surface area contributed by atoms with Crippen LogP contribution in [0.3, 0.4) is 0 Å². The van der Waals surface area contributed by atoms with E-state index in [1.807, 2.05) is 0 Å². The summed E-state index contributed by atoms with van der Waals surface area (Å²) in [6, 6.07) is 0. The molecule has 0 aromatic carbocycles. The van der Waals surface area contributed by atoms with Gasteiger partial charge in [0.15, 0.2) is 0 Å². The summed E-state index contributed by atoms with van der Waals surface area (Å²) in [5.74, 6) is 0. The first-order valence-corrected chi connectivity index (χ1v) is 6.60. The second-order valence-corrected chi connectivity index (χ2v) is 5.03. The molecule has 1 rings (SSSR count). The number of rotatable bonds is 5. The Hall–Kier alpha value is -0.0800. The predicted octanol–water partition coefficient (Wildman–Crippen LogP) is 3.24. The van der Waals surface area contributed by atoms with Crippen molar-refractivity contribution in [3.8, 4) is 0 Å². The van der Waals surface area contributed by atoms with Crippen molar-refractivity contribution in [3.05, 3.63) is 0 Å². The molecule has 1 aliphatic carbocycles. The molecule has 1 saturated carbocycles. The molecule has 0 aliphatic heterocycles. The van der Waals surface area contributed by atoms with Gasteiger partial charge < -0.3 is 10.5 Å². The summed E-state index contributed by atoms with van der Waals surface area (Å²) in [6.07, 6.45) is 10.2. The van der Waals surface area contributed by atoms with Crippen molar-refractivity contribution < 1.29 is 4.74 Å². The van der Waals surface area contributed by atoms with Crippen LogP contribution in [0.25, 0.3) is 0 Å². The average Bonchev–Trinajstić information content (AvgIpc) is 2.45. The second kappa shape index (κ2) is 6.49. The number of nitrogens with two attached hydrogens (primary N) is 1. The number of ether oxygens (including phenoxy) is 1. The standard InChI is InChI=1S/C13H27NO/c1-3-12(4-2)15-11-13(14)9-7-5-6-8-10-13/h12H,3-11,14H2,1-2H3. The van der Waals surface area contributed by atoms with E-state index in [0.29, 0.717) is 6.10 Å². The Bertz CT molecular complexity index is 158. The lowest BCUT2D eigenvalue weighted by Gasteiger charge is -2.29. The van der Waals surface area contributed by atoms with Crippen LogP contribution in [0.5, 0.6) is 0 Å². The zero-order valence-corrected chi connectivity index (χ0v) is 10.4. The van der Waals surface area contributed by atoms with Crippen LogP contribution in [0, 0.1) is 0 Å². The fraction of sp³-hybridized carbons (Fsp3) is 1.00. The monoisotopic (exact) mass is 213 g/mol. The van der Waals surface area contributed by atoms with E-state index < -0.39 is 0 Å². The van der Waals surface area contributed by atoms with Gasteiger partial charge in [-0.3, -0.25) is 0 Å². The van der Waals surface area contributed by atoms with Gasteiger partial charge in [-0.05, 0) is 25.7 Å². The van der Waals surface area contributed by atoms with Gasteiger partial charge in [0.1, 0.15) is 0 Å². The summed E-state index contributed by atoms with van der Waals surface area (Å²) in [7, 11) is 0. The molecule has 0 aromatic rings. The summed E-state index contributed by atoms with van der Waals surface area (Å²) in [5, 5.41) is 0. The van der Waals surface area contributed by atoms with Gasteiger partial charge in [0.25, 0.3) is 0 Å². The molecule has 0 amide bonds. The Morgan fingerprint density at radius 2 is 1.60 bits per heavy atom. The molecule has 0 bridgehead atoms. The SMILES string of the molecule is CCC(CC)OCC1(N)CCCCCC1. The van der Waals surface area contributed by atoms with E-state index in [2.05, 4.69) is 13.8 Å². The van der Waals surface area contributed by atoms with Crippen LogP contribution in [0.15, 0.2) is 0 Å². The molecule has 0 atom stereocenters. The fourth-order valence-corrected chi connectivity index (χ4v) is 2.39. The van der Waals surface area contributed by atoms with E-state index in [-0.39, 0.29) is 5.54 Å². The quantitative estimate of drug-likeness (QED) is 0.712. The van der Waals surface area contributed by atoms with Gasteiger partial charge in [0, 0.05) is 5.54 Å². The molecule has 0 saturated heterocycles. The smallest absolute Gasteiger partial charge is 0.0649 e. The van der Waals surface area contributed by atoms with Gasteiger partial charge in [-0.2, -0.15) is 0 Å². The molecule has 2 nitrogen and oxygen atoms in total. The van der Waals surface area contributed by atoms with Gasteiger partial charge >= 0.3 is 0 Å². The summed E-state index contributed by atoms with van der Waals surface area (Å²) in [5.41, 5.74) is 6.36. The van der Waals surface area contributed by atoms with Crippen molar-refractivity contribution in [2.24, 2.45) is 5.73 Å². The predicted molar refractivity (Wildman–Crippen MR) is 64.9 cm³/mol. The molecule has 0 aromatic heterocycles. The Balaban J connectivity index is 2.33. The maximum atomic E-state index is 6.39. The Morgan fingerprint density at radius 3 is 2.07 bits per heavy atom. The zero-order valence-electron chi connectivity index (χ0n) is 10.4. The van der Waals surface area contributed by atoms with Gasteiger partial charge in [-0.15, -0.1) is 0 Å². The van der Waals surface area contributed by atoms with Gasteiger partial charge in [-0.25, -0.2) is 0 Å². The molecule has 2 heteroatoms. The van der Waals surface area contributed by atoms with Crippen LogP contribution in [-0.4, -0.2) is 18.2 Å². The minimum absolute atomic E-state index is 0.0287. The lowest BCUT2D eigenvalue weighted by molar-refractivity contribution is 0.0115. The lowest BCUT2D eigenvalue weighted by atomic mass is 9.92. The highest BCUT2D eigenvalue weighted by molar-refractivity contribution is 4.86. The zero-order chi connectivity index (χ0) is 11.1. The average molecular weight is 213 g/mol. The first-order valence-electron chi connectivity index (χ1n) is 6.60. The molecule has 1 aliphatic rings. The van der Waals surface area contributed by atoms with Crippen molar-refractivity contribution >= 4 is 0 Å². The summed E-state index contributed by atoms with van der Waals surface area (Å²) >= 11 is 0. The van der Waals surface area contributed by atoms with Crippen molar-refractivity contribution in [1.29, 1.82) is 0 Å². The molecule has 90 valence electrons. The van der Waals surface area contributed by atoms with Gasteiger partial charge in [-0.1, -0.05) is 39.5 Å².